The number of ether oxygens (including phenoxy) is 1. The number of methoxy groups -OCH3 is 1. The van der Waals surface area contributed by atoms with E-state index in [0.717, 1.165) is 10.5 Å². The number of rotatable bonds is 7. The summed E-state index contributed by atoms with van der Waals surface area (Å²) in [6.07, 6.45) is 1.39. The van der Waals surface area contributed by atoms with Crippen molar-refractivity contribution in [2.24, 2.45) is 0 Å². The molecule has 1 saturated heterocycles. The van der Waals surface area contributed by atoms with Crippen LogP contribution >= 0.6 is 11.8 Å². The Morgan fingerprint density at radius 3 is 2.34 bits per heavy atom. The molecule has 7 nitrogen and oxygen atoms in total. The van der Waals surface area contributed by atoms with Crippen molar-refractivity contribution in [1.29, 1.82) is 0 Å². The van der Waals surface area contributed by atoms with Gasteiger partial charge in [-0.25, -0.2) is 4.39 Å². The Hall–Kier alpha value is -3.63. The molecule has 0 radical (unpaired) electrons. The minimum Gasteiger partial charge on any atom is -0.493 e. The highest BCUT2D eigenvalue weighted by molar-refractivity contribution is 8.18. The van der Waals surface area contributed by atoms with E-state index >= 15 is 0 Å². The molecule has 1 aliphatic heterocycles. The first-order valence-corrected chi connectivity index (χ1v) is 12.6. The van der Waals surface area contributed by atoms with Gasteiger partial charge in [-0.2, -0.15) is 8.42 Å². The first-order valence-electron chi connectivity index (χ1n) is 10.4. The SMILES string of the molecule is COc1cccc(/C=C2\SC(=O)N(Cc3ccc(F)cc3)C2=O)c1OS(=O)(=O)c1ccc(C)cc1. The number of thioether (sulfide) groups is 1. The van der Waals surface area contributed by atoms with Gasteiger partial charge in [-0.3, -0.25) is 14.5 Å². The van der Waals surface area contributed by atoms with Gasteiger partial charge in [0.2, 0.25) is 0 Å². The van der Waals surface area contributed by atoms with Crippen LogP contribution in [0.3, 0.4) is 0 Å². The molecule has 0 bridgehead atoms. The van der Waals surface area contributed by atoms with Crippen LogP contribution in [-0.2, 0) is 21.5 Å². The Bertz CT molecular complexity index is 1420. The van der Waals surface area contributed by atoms with Crippen LogP contribution in [0.2, 0.25) is 0 Å². The molecule has 2 amide bonds. The third-order valence-electron chi connectivity index (χ3n) is 5.15. The molecule has 1 fully saturated rings. The van der Waals surface area contributed by atoms with Crippen LogP contribution in [0.15, 0.2) is 76.5 Å². The standard InChI is InChI=1S/C25H20FNO6S2/c1-16-6-12-20(13-7-16)35(30,31)33-23-18(4-3-5-21(23)32-2)14-22-24(28)27(25(29)34-22)15-17-8-10-19(26)11-9-17/h3-14H,15H2,1-2H3/b22-14-. The van der Waals surface area contributed by atoms with Gasteiger partial charge in [0, 0.05) is 5.56 Å². The first kappa shape index (κ1) is 24.5. The van der Waals surface area contributed by atoms with E-state index in [2.05, 4.69) is 0 Å². The topological polar surface area (TPSA) is 90.0 Å². The van der Waals surface area contributed by atoms with E-state index in [1.54, 1.807) is 24.3 Å². The molecule has 0 unspecified atom stereocenters. The highest BCUT2D eigenvalue weighted by atomic mass is 32.2. The van der Waals surface area contributed by atoms with Crippen LogP contribution in [0.5, 0.6) is 11.5 Å². The predicted molar refractivity (Wildman–Crippen MR) is 130 cm³/mol. The van der Waals surface area contributed by atoms with E-state index < -0.39 is 27.1 Å². The number of amides is 2. The maximum atomic E-state index is 13.2. The van der Waals surface area contributed by atoms with Gasteiger partial charge in [-0.05, 0) is 60.7 Å². The summed E-state index contributed by atoms with van der Waals surface area (Å²) in [6.45, 7) is 1.81. The Morgan fingerprint density at radius 2 is 1.69 bits per heavy atom. The molecule has 4 rings (SSSR count). The molecule has 0 aromatic heterocycles. The van der Waals surface area contributed by atoms with E-state index in [9.17, 15) is 22.4 Å². The highest BCUT2D eigenvalue weighted by Crippen LogP contribution is 2.39. The summed E-state index contributed by atoms with van der Waals surface area (Å²) < 4.78 is 49.7. The molecule has 180 valence electrons. The smallest absolute Gasteiger partial charge is 0.339 e. The average molecular weight is 514 g/mol. The number of aryl methyl sites for hydroxylation is 1. The largest absolute Gasteiger partial charge is 0.493 e. The molecule has 1 heterocycles. The van der Waals surface area contributed by atoms with Crippen LogP contribution in [0.4, 0.5) is 9.18 Å². The second kappa shape index (κ2) is 9.93. The van der Waals surface area contributed by atoms with Crippen LogP contribution in [0.25, 0.3) is 6.08 Å². The quantitative estimate of drug-likeness (QED) is 0.319. The molecular weight excluding hydrogens is 493 g/mol. The second-order valence-electron chi connectivity index (χ2n) is 7.62. The van der Waals surface area contributed by atoms with Crippen molar-refractivity contribution in [3.63, 3.8) is 0 Å². The summed E-state index contributed by atoms with van der Waals surface area (Å²) in [4.78, 5) is 26.5. The zero-order chi connectivity index (χ0) is 25.2. The Labute approximate surface area is 206 Å². The number of carbonyl (C=O) groups excluding carboxylic acids is 2. The lowest BCUT2D eigenvalue weighted by atomic mass is 10.1. The molecule has 0 spiro atoms. The predicted octanol–water partition coefficient (Wildman–Crippen LogP) is 5.15. The summed E-state index contributed by atoms with van der Waals surface area (Å²) in [7, 11) is -2.84. The lowest BCUT2D eigenvalue weighted by Gasteiger charge is -2.14. The molecule has 35 heavy (non-hydrogen) atoms. The number of benzene rings is 3. The fourth-order valence-electron chi connectivity index (χ4n) is 3.31. The number of hydrogen-bond acceptors (Lipinski definition) is 7. The van der Waals surface area contributed by atoms with Crippen molar-refractivity contribution < 1.29 is 31.3 Å². The van der Waals surface area contributed by atoms with E-state index in [1.807, 2.05) is 6.92 Å². The summed E-state index contributed by atoms with van der Waals surface area (Å²) in [5.41, 5.74) is 1.72. The summed E-state index contributed by atoms with van der Waals surface area (Å²) in [5, 5.41) is -0.497. The van der Waals surface area contributed by atoms with Gasteiger partial charge in [-0.15, -0.1) is 0 Å². The average Bonchev–Trinajstić information content (AvgIpc) is 3.09. The van der Waals surface area contributed by atoms with Crippen LogP contribution in [0, 0.1) is 12.7 Å². The van der Waals surface area contributed by atoms with Gasteiger partial charge < -0.3 is 8.92 Å². The Morgan fingerprint density at radius 1 is 1.00 bits per heavy atom. The first-order chi connectivity index (χ1) is 16.7. The highest BCUT2D eigenvalue weighted by Gasteiger charge is 2.35. The van der Waals surface area contributed by atoms with Crippen molar-refractivity contribution in [3.8, 4) is 11.5 Å². The van der Waals surface area contributed by atoms with E-state index in [4.69, 9.17) is 8.92 Å². The number of nitrogens with zero attached hydrogens (tertiary/aromatic N) is 1. The van der Waals surface area contributed by atoms with Gasteiger partial charge in [0.15, 0.2) is 11.5 Å². The van der Waals surface area contributed by atoms with Gasteiger partial charge in [0.05, 0.1) is 18.6 Å². The van der Waals surface area contributed by atoms with Crippen molar-refractivity contribution in [3.05, 3.63) is 94.1 Å². The fourth-order valence-corrected chi connectivity index (χ4v) is 5.10. The van der Waals surface area contributed by atoms with Gasteiger partial charge >= 0.3 is 10.1 Å². The molecule has 0 atom stereocenters. The van der Waals surface area contributed by atoms with Crippen molar-refractivity contribution in [2.75, 3.05) is 7.11 Å². The van der Waals surface area contributed by atoms with E-state index in [-0.39, 0.29) is 33.4 Å². The van der Waals surface area contributed by atoms with Crippen molar-refractivity contribution in [2.45, 2.75) is 18.4 Å². The third kappa shape index (κ3) is 5.39. The lowest BCUT2D eigenvalue weighted by Crippen LogP contribution is -2.27. The van der Waals surface area contributed by atoms with Gasteiger partial charge in [0.25, 0.3) is 11.1 Å². The van der Waals surface area contributed by atoms with Crippen LogP contribution < -0.4 is 8.92 Å². The van der Waals surface area contributed by atoms with Gasteiger partial charge in [0.1, 0.15) is 10.7 Å². The van der Waals surface area contributed by atoms with E-state index in [1.165, 1.54) is 55.7 Å². The Balaban J connectivity index is 1.65. The Kier molecular flexibility index (Phi) is 6.95. The van der Waals surface area contributed by atoms with Gasteiger partial charge in [-0.1, -0.05) is 42.0 Å². The minimum absolute atomic E-state index is 0.0223. The number of carbonyl (C=O) groups is 2. The number of halogens is 1. The monoisotopic (exact) mass is 513 g/mol. The molecule has 3 aromatic carbocycles. The summed E-state index contributed by atoms with van der Waals surface area (Å²) in [6, 6.07) is 16.3. The molecule has 0 N–H and O–H groups in total. The minimum atomic E-state index is -4.21. The normalized spacial score (nSPS) is 15.1. The molecule has 3 aromatic rings. The number of para-hydroxylation sites is 1. The van der Waals surface area contributed by atoms with Crippen molar-refractivity contribution in [1.82, 2.24) is 4.90 Å². The maximum Gasteiger partial charge on any atom is 0.339 e. The van der Waals surface area contributed by atoms with Crippen LogP contribution in [0.1, 0.15) is 16.7 Å². The zero-order valence-electron chi connectivity index (χ0n) is 18.7. The van der Waals surface area contributed by atoms with Crippen LogP contribution in [-0.4, -0.2) is 31.6 Å². The van der Waals surface area contributed by atoms with Crippen molar-refractivity contribution >= 4 is 39.1 Å². The maximum absolute atomic E-state index is 13.2. The molecular formula is C25H20FNO6S2. The van der Waals surface area contributed by atoms with E-state index in [0.29, 0.717) is 17.3 Å². The molecule has 0 saturated carbocycles. The third-order valence-corrected chi connectivity index (χ3v) is 7.29. The summed E-state index contributed by atoms with van der Waals surface area (Å²) in [5.74, 6) is -0.950. The molecule has 0 aliphatic carbocycles. The molecule has 10 heteroatoms. The second-order valence-corrected chi connectivity index (χ2v) is 10.2. The summed E-state index contributed by atoms with van der Waals surface area (Å²) >= 11 is 0.716. The number of hydrogen-bond donors (Lipinski definition) is 0. The fraction of sp³-hybridized carbons (Fsp3) is 0.120. The lowest BCUT2D eigenvalue weighted by molar-refractivity contribution is -0.123. The number of imide groups is 1. The molecule has 1 aliphatic rings. The zero-order valence-corrected chi connectivity index (χ0v) is 20.4.